The van der Waals surface area contributed by atoms with Crippen molar-refractivity contribution >= 4 is 19.4 Å². The largest absolute Gasteiger partial charge is 0.348 e. The van der Waals surface area contributed by atoms with Crippen LogP contribution in [0.15, 0.2) is 0 Å². The molecule has 1 aliphatic rings. The molecular formula is C14H30NO3PS. The van der Waals surface area contributed by atoms with Crippen LogP contribution in [-0.2, 0) is 13.6 Å². The Morgan fingerprint density at radius 1 is 1.25 bits per heavy atom. The number of nitrogens with one attached hydrogen (secondary N) is 1. The van der Waals surface area contributed by atoms with Crippen molar-refractivity contribution in [3.05, 3.63) is 0 Å². The average molecular weight is 323 g/mol. The number of rotatable bonds is 5. The van der Waals surface area contributed by atoms with Gasteiger partial charge in [0.1, 0.15) is 5.78 Å². The quantitative estimate of drug-likeness (QED) is 0.764. The van der Waals surface area contributed by atoms with Crippen LogP contribution in [0.3, 0.4) is 0 Å². The first-order valence-electron chi connectivity index (χ1n) is 7.33. The summed E-state index contributed by atoms with van der Waals surface area (Å²) >= 11 is 1.89. The SMILES string of the molecule is CCOP(=O)(OCC)[C@H]1N[C@H](C(C)(C)C)SCC1(C)C. The van der Waals surface area contributed by atoms with Gasteiger partial charge in [0.15, 0.2) is 0 Å². The molecule has 1 rings (SSSR count). The zero-order valence-electron chi connectivity index (χ0n) is 13.9. The first-order chi connectivity index (χ1) is 9.07. The molecule has 0 saturated carbocycles. The van der Waals surface area contributed by atoms with Crippen LogP contribution in [0.5, 0.6) is 0 Å². The summed E-state index contributed by atoms with van der Waals surface area (Å²) < 4.78 is 24.3. The predicted octanol–water partition coefficient (Wildman–Crippen LogP) is 4.31. The first-order valence-corrected chi connectivity index (χ1v) is 9.99. The maximum absolute atomic E-state index is 13.1. The Morgan fingerprint density at radius 3 is 2.15 bits per heavy atom. The summed E-state index contributed by atoms with van der Waals surface area (Å²) in [5, 5.41) is 3.79. The highest BCUT2D eigenvalue weighted by Crippen LogP contribution is 2.60. The lowest BCUT2D eigenvalue weighted by molar-refractivity contribution is 0.170. The van der Waals surface area contributed by atoms with E-state index in [0.717, 1.165) is 5.75 Å². The summed E-state index contributed by atoms with van der Waals surface area (Å²) in [5.74, 6) is 0.678. The summed E-state index contributed by atoms with van der Waals surface area (Å²) in [6.45, 7) is 15.4. The average Bonchev–Trinajstić information content (AvgIpc) is 2.27. The first kappa shape index (κ1) is 18.5. The van der Waals surface area contributed by atoms with Crippen LogP contribution in [0.25, 0.3) is 0 Å². The second-order valence-electron chi connectivity index (χ2n) is 6.99. The van der Waals surface area contributed by atoms with Gasteiger partial charge in [0.05, 0.1) is 18.6 Å². The van der Waals surface area contributed by atoms with E-state index in [2.05, 4.69) is 39.9 Å². The van der Waals surface area contributed by atoms with Gasteiger partial charge in [-0.3, -0.25) is 9.88 Å². The number of hydrogen-bond acceptors (Lipinski definition) is 5. The van der Waals surface area contributed by atoms with Gasteiger partial charge in [0.2, 0.25) is 0 Å². The summed E-state index contributed by atoms with van der Waals surface area (Å²) in [6.07, 6.45) is 0. The third-order valence-electron chi connectivity index (χ3n) is 3.39. The van der Waals surface area contributed by atoms with Crippen LogP contribution in [0.4, 0.5) is 0 Å². The van der Waals surface area contributed by atoms with E-state index in [1.54, 1.807) is 0 Å². The monoisotopic (exact) mass is 323 g/mol. The Bertz CT molecular complexity index is 358. The molecule has 0 radical (unpaired) electrons. The molecular weight excluding hydrogens is 293 g/mol. The molecule has 1 aliphatic heterocycles. The molecule has 1 saturated heterocycles. The van der Waals surface area contributed by atoms with Crippen molar-refractivity contribution < 1.29 is 13.6 Å². The molecule has 0 aromatic rings. The van der Waals surface area contributed by atoms with E-state index < -0.39 is 7.60 Å². The van der Waals surface area contributed by atoms with E-state index >= 15 is 0 Å². The van der Waals surface area contributed by atoms with Gasteiger partial charge in [-0.05, 0) is 19.3 Å². The molecule has 1 heterocycles. The molecule has 0 unspecified atom stereocenters. The molecule has 0 bridgehead atoms. The van der Waals surface area contributed by atoms with E-state index in [4.69, 9.17) is 9.05 Å². The van der Waals surface area contributed by atoms with Gasteiger partial charge in [-0.25, -0.2) is 0 Å². The Morgan fingerprint density at radius 2 is 1.75 bits per heavy atom. The lowest BCUT2D eigenvalue weighted by Gasteiger charge is -2.48. The molecule has 0 aromatic heterocycles. The van der Waals surface area contributed by atoms with E-state index in [9.17, 15) is 4.57 Å². The normalized spacial score (nSPS) is 27.6. The highest BCUT2D eigenvalue weighted by Gasteiger charge is 2.50. The molecule has 20 heavy (non-hydrogen) atoms. The Balaban J connectivity index is 3.04. The fourth-order valence-corrected chi connectivity index (χ4v) is 6.45. The lowest BCUT2D eigenvalue weighted by Crippen LogP contribution is -2.55. The minimum absolute atomic E-state index is 0.0999. The van der Waals surface area contributed by atoms with Crippen LogP contribution in [0.2, 0.25) is 0 Å². The van der Waals surface area contributed by atoms with Crippen LogP contribution < -0.4 is 5.32 Å². The zero-order chi connectivity index (χ0) is 15.6. The van der Waals surface area contributed by atoms with E-state index in [1.165, 1.54) is 0 Å². The van der Waals surface area contributed by atoms with Crippen molar-refractivity contribution in [3.63, 3.8) is 0 Å². The molecule has 1 fully saturated rings. The van der Waals surface area contributed by atoms with Crippen molar-refractivity contribution in [2.24, 2.45) is 10.8 Å². The van der Waals surface area contributed by atoms with Crippen LogP contribution in [0.1, 0.15) is 48.5 Å². The molecule has 4 nitrogen and oxygen atoms in total. The third kappa shape index (κ3) is 4.23. The topological polar surface area (TPSA) is 47.6 Å². The second kappa shape index (κ2) is 6.70. The van der Waals surface area contributed by atoms with Crippen LogP contribution in [-0.4, -0.2) is 30.1 Å². The maximum Gasteiger partial charge on any atom is 0.348 e. The van der Waals surface area contributed by atoms with Crippen molar-refractivity contribution in [1.82, 2.24) is 5.32 Å². The fourth-order valence-electron chi connectivity index (χ4n) is 2.36. The maximum atomic E-state index is 13.1. The van der Waals surface area contributed by atoms with Gasteiger partial charge >= 0.3 is 7.60 Å². The standard InChI is InChI=1S/C14H30NO3PS/c1-8-17-19(16,18-9-2)11-14(6,7)10-20-12(15-11)13(3,4)5/h11-12,15H,8-10H2,1-7H3/t11-,12+/m1/s1. The molecule has 0 aliphatic carbocycles. The Labute approximate surface area is 128 Å². The van der Waals surface area contributed by atoms with Crippen LogP contribution >= 0.6 is 19.4 Å². The molecule has 0 aromatic carbocycles. The molecule has 2 atom stereocenters. The molecule has 6 heteroatoms. The smallest absolute Gasteiger partial charge is 0.308 e. The lowest BCUT2D eigenvalue weighted by atomic mass is 9.92. The zero-order valence-corrected chi connectivity index (χ0v) is 15.6. The van der Waals surface area contributed by atoms with Crippen molar-refractivity contribution in [2.75, 3.05) is 19.0 Å². The molecule has 1 N–H and O–H groups in total. The summed E-state index contributed by atoms with van der Waals surface area (Å²) in [7, 11) is -3.15. The van der Waals surface area contributed by atoms with Gasteiger partial charge in [0, 0.05) is 11.2 Å². The summed E-state index contributed by atoms with van der Waals surface area (Å²) in [6, 6.07) is 0. The van der Waals surface area contributed by atoms with Crippen molar-refractivity contribution in [3.8, 4) is 0 Å². The van der Waals surface area contributed by atoms with Crippen molar-refractivity contribution in [1.29, 1.82) is 0 Å². The highest BCUT2D eigenvalue weighted by molar-refractivity contribution is 8.00. The summed E-state index contributed by atoms with van der Waals surface area (Å²) in [5.41, 5.74) is -0.0328. The highest BCUT2D eigenvalue weighted by atomic mass is 32.2. The van der Waals surface area contributed by atoms with E-state index in [0.29, 0.717) is 13.2 Å². The van der Waals surface area contributed by atoms with Crippen molar-refractivity contribution in [2.45, 2.75) is 59.6 Å². The Kier molecular flexibility index (Phi) is 6.20. The number of thioether (sulfide) groups is 1. The summed E-state index contributed by atoms with van der Waals surface area (Å²) in [4.78, 5) is 0. The third-order valence-corrected chi connectivity index (χ3v) is 8.20. The van der Waals surface area contributed by atoms with Gasteiger partial charge in [-0.1, -0.05) is 34.6 Å². The van der Waals surface area contributed by atoms with Gasteiger partial charge in [-0.2, -0.15) is 0 Å². The molecule has 120 valence electrons. The van der Waals surface area contributed by atoms with E-state index in [-0.39, 0.29) is 22.0 Å². The van der Waals surface area contributed by atoms with Gasteiger partial charge in [-0.15, -0.1) is 11.8 Å². The minimum atomic E-state index is -3.15. The fraction of sp³-hybridized carbons (Fsp3) is 1.00. The molecule has 0 amide bonds. The second-order valence-corrected chi connectivity index (χ2v) is 10.2. The predicted molar refractivity (Wildman–Crippen MR) is 87.3 cm³/mol. The Hall–Kier alpha value is 0.460. The van der Waals surface area contributed by atoms with E-state index in [1.807, 2.05) is 25.6 Å². The van der Waals surface area contributed by atoms with Gasteiger partial charge in [0.25, 0.3) is 0 Å². The number of hydrogen-bond donors (Lipinski definition) is 1. The van der Waals surface area contributed by atoms with Gasteiger partial charge < -0.3 is 9.05 Å². The van der Waals surface area contributed by atoms with Crippen LogP contribution in [0, 0.1) is 10.8 Å². The minimum Gasteiger partial charge on any atom is -0.308 e. The molecule has 0 spiro atoms.